The first-order valence-corrected chi connectivity index (χ1v) is 7.17. The van der Waals surface area contributed by atoms with Gasteiger partial charge in [-0.25, -0.2) is 9.50 Å². The fourth-order valence-corrected chi connectivity index (χ4v) is 2.62. The second kappa shape index (κ2) is 4.96. The van der Waals surface area contributed by atoms with Gasteiger partial charge in [-0.2, -0.15) is 13.9 Å². The molecule has 0 atom stereocenters. The van der Waals surface area contributed by atoms with Crippen LogP contribution in [0.1, 0.15) is 11.3 Å². The number of hydrogen-bond acceptors (Lipinski definition) is 3. The highest BCUT2D eigenvalue weighted by Crippen LogP contribution is 2.36. The van der Waals surface area contributed by atoms with Gasteiger partial charge in [-0.1, -0.05) is 23.7 Å². The van der Waals surface area contributed by atoms with Crippen molar-refractivity contribution in [3.05, 3.63) is 71.3 Å². The second-order valence-electron chi connectivity index (χ2n) is 5.05. The molecule has 0 spiro atoms. The smallest absolute Gasteiger partial charge is 0.256 e. The van der Waals surface area contributed by atoms with Gasteiger partial charge in [0.25, 0.3) is 0 Å². The van der Waals surface area contributed by atoms with E-state index in [-0.39, 0.29) is 16.4 Å². The molecule has 0 bridgehead atoms. The number of imidazole rings is 1. The standard InChI is InChI=1S/C16H9ClF2N4/c17-14-5-6-15-21-9-13(23(15)22-14)16(18,19)11-3-4-12-10(8-11)2-1-7-20-12/h1-9H. The Morgan fingerprint density at radius 2 is 1.91 bits per heavy atom. The van der Waals surface area contributed by atoms with Crippen LogP contribution in [0, 0.1) is 0 Å². The monoisotopic (exact) mass is 330 g/mol. The molecule has 4 aromatic rings. The van der Waals surface area contributed by atoms with Gasteiger partial charge >= 0.3 is 5.92 Å². The van der Waals surface area contributed by atoms with Crippen LogP contribution >= 0.6 is 11.6 Å². The summed E-state index contributed by atoms with van der Waals surface area (Å²) >= 11 is 5.81. The average molecular weight is 331 g/mol. The zero-order valence-electron chi connectivity index (χ0n) is 11.6. The molecule has 0 aliphatic rings. The van der Waals surface area contributed by atoms with E-state index in [0.717, 1.165) is 10.7 Å². The van der Waals surface area contributed by atoms with Gasteiger partial charge in [0.1, 0.15) is 10.8 Å². The molecule has 7 heteroatoms. The normalized spacial score (nSPS) is 12.1. The van der Waals surface area contributed by atoms with Crippen molar-refractivity contribution in [3.63, 3.8) is 0 Å². The third-order valence-corrected chi connectivity index (χ3v) is 3.82. The third kappa shape index (κ3) is 2.22. The molecule has 3 heterocycles. The number of nitrogens with zero attached hydrogens (tertiary/aromatic N) is 4. The highest BCUT2D eigenvalue weighted by molar-refractivity contribution is 6.29. The van der Waals surface area contributed by atoms with Gasteiger partial charge in [0.15, 0.2) is 5.65 Å². The minimum atomic E-state index is -3.26. The molecule has 0 N–H and O–H groups in total. The molecule has 0 fully saturated rings. The van der Waals surface area contributed by atoms with Crippen molar-refractivity contribution in [3.8, 4) is 0 Å². The lowest BCUT2D eigenvalue weighted by Gasteiger charge is -2.16. The number of hydrogen-bond donors (Lipinski definition) is 0. The molecule has 3 aromatic heterocycles. The van der Waals surface area contributed by atoms with E-state index in [4.69, 9.17) is 11.6 Å². The number of benzene rings is 1. The number of fused-ring (bicyclic) bond motifs is 2. The molecule has 0 saturated carbocycles. The van der Waals surface area contributed by atoms with Crippen molar-refractivity contribution >= 4 is 28.2 Å². The molecule has 0 aliphatic heterocycles. The first-order chi connectivity index (χ1) is 11.1. The Morgan fingerprint density at radius 3 is 2.78 bits per heavy atom. The Kier molecular flexibility index (Phi) is 3.02. The Hall–Kier alpha value is -2.60. The summed E-state index contributed by atoms with van der Waals surface area (Å²) in [5, 5.41) is 4.68. The molecule has 23 heavy (non-hydrogen) atoms. The molecular formula is C16H9ClF2N4. The van der Waals surface area contributed by atoms with E-state index in [0.29, 0.717) is 16.6 Å². The number of pyridine rings is 1. The summed E-state index contributed by atoms with van der Waals surface area (Å²) in [6.07, 6.45) is 2.74. The molecule has 0 unspecified atom stereocenters. The molecule has 114 valence electrons. The zero-order valence-corrected chi connectivity index (χ0v) is 12.4. The van der Waals surface area contributed by atoms with Crippen molar-refractivity contribution in [1.29, 1.82) is 0 Å². The predicted molar refractivity (Wildman–Crippen MR) is 82.7 cm³/mol. The van der Waals surface area contributed by atoms with Crippen LogP contribution in [0.4, 0.5) is 8.78 Å². The van der Waals surface area contributed by atoms with Crippen molar-refractivity contribution in [2.45, 2.75) is 5.92 Å². The summed E-state index contributed by atoms with van der Waals surface area (Å²) < 4.78 is 31.0. The maximum absolute atomic E-state index is 14.9. The van der Waals surface area contributed by atoms with Gasteiger partial charge in [0.2, 0.25) is 0 Å². The van der Waals surface area contributed by atoms with Crippen molar-refractivity contribution < 1.29 is 8.78 Å². The fraction of sp³-hybridized carbons (Fsp3) is 0.0625. The lowest BCUT2D eigenvalue weighted by molar-refractivity contribution is 0.0361. The number of halogens is 3. The number of alkyl halides is 2. The SMILES string of the molecule is FC(F)(c1ccc2ncccc2c1)c1cnc2ccc(Cl)nn12. The van der Waals surface area contributed by atoms with E-state index in [2.05, 4.69) is 15.1 Å². The van der Waals surface area contributed by atoms with Crippen LogP contribution in [0.15, 0.2) is 54.9 Å². The Morgan fingerprint density at radius 1 is 1.04 bits per heavy atom. The minimum absolute atomic E-state index is 0.121. The summed E-state index contributed by atoms with van der Waals surface area (Å²) in [5.41, 5.74) is 0.484. The average Bonchev–Trinajstić information content (AvgIpc) is 2.98. The predicted octanol–water partition coefficient (Wildman–Crippen LogP) is 4.07. The lowest BCUT2D eigenvalue weighted by atomic mass is 10.0. The van der Waals surface area contributed by atoms with Crippen LogP contribution in [0.25, 0.3) is 16.6 Å². The van der Waals surface area contributed by atoms with Crippen molar-refractivity contribution in [1.82, 2.24) is 19.6 Å². The van der Waals surface area contributed by atoms with Crippen molar-refractivity contribution in [2.24, 2.45) is 0 Å². The lowest BCUT2D eigenvalue weighted by Crippen LogP contribution is -2.18. The summed E-state index contributed by atoms with van der Waals surface area (Å²) in [4.78, 5) is 8.10. The maximum Gasteiger partial charge on any atom is 0.316 e. The highest BCUT2D eigenvalue weighted by atomic mass is 35.5. The zero-order chi connectivity index (χ0) is 16.0. The third-order valence-electron chi connectivity index (χ3n) is 3.62. The molecule has 4 nitrogen and oxygen atoms in total. The fourth-order valence-electron chi connectivity index (χ4n) is 2.48. The van der Waals surface area contributed by atoms with Crippen LogP contribution < -0.4 is 0 Å². The molecule has 0 amide bonds. The Bertz CT molecular complexity index is 1030. The molecule has 4 rings (SSSR count). The quantitative estimate of drug-likeness (QED) is 0.556. The van der Waals surface area contributed by atoms with Crippen molar-refractivity contribution in [2.75, 3.05) is 0 Å². The highest BCUT2D eigenvalue weighted by Gasteiger charge is 2.38. The van der Waals surface area contributed by atoms with Gasteiger partial charge in [-0.05, 0) is 30.3 Å². The molecule has 0 aliphatic carbocycles. The van der Waals surface area contributed by atoms with Gasteiger partial charge in [0, 0.05) is 17.1 Å². The summed E-state index contributed by atoms with van der Waals surface area (Å²) in [7, 11) is 0. The van der Waals surface area contributed by atoms with E-state index >= 15 is 0 Å². The minimum Gasteiger partial charge on any atom is -0.256 e. The molecule has 0 saturated heterocycles. The van der Waals surface area contributed by atoms with Crippen LogP contribution in [0.3, 0.4) is 0 Å². The van der Waals surface area contributed by atoms with E-state index in [1.54, 1.807) is 30.5 Å². The summed E-state index contributed by atoms with van der Waals surface area (Å²) in [5.74, 6) is -3.26. The first-order valence-electron chi connectivity index (χ1n) is 6.79. The Labute approximate surface area is 134 Å². The van der Waals surface area contributed by atoms with E-state index < -0.39 is 5.92 Å². The second-order valence-corrected chi connectivity index (χ2v) is 5.44. The van der Waals surface area contributed by atoms with Crippen LogP contribution in [-0.4, -0.2) is 19.6 Å². The number of rotatable bonds is 2. The van der Waals surface area contributed by atoms with Crippen LogP contribution in [-0.2, 0) is 5.92 Å². The largest absolute Gasteiger partial charge is 0.316 e. The van der Waals surface area contributed by atoms with Gasteiger partial charge in [-0.3, -0.25) is 4.98 Å². The van der Waals surface area contributed by atoms with Gasteiger partial charge in [0.05, 0.1) is 11.7 Å². The first kappa shape index (κ1) is 14.0. The van der Waals surface area contributed by atoms with E-state index in [9.17, 15) is 8.78 Å². The molecule has 1 aromatic carbocycles. The summed E-state index contributed by atoms with van der Waals surface area (Å²) in [6, 6.07) is 10.9. The maximum atomic E-state index is 14.9. The van der Waals surface area contributed by atoms with E-state index in [1.807, 2.05) is 0 Å². The number of aromatic nitrogens is 4. The summed E-state index contributed by atoms with van der Waals surface area (Å²) in [6.45, 7) is 0. The Balaban J connectivity index is 1.91. The topological polar surface area (TPSA) is 43.1 Å². The van der Waals surface area contributed by atoms with Gasteiger partial charge in [-0.15, -0.1) is 0 Å². The molecule has 0 radical (unpaired) electrons. The molecular weight excluding hydrogens is 322 g/mol. The van der Waals surface area contributed by atoms with E-state index in [1.165, 1.54) is 18.2 Å². The van der Waals surface area contributed by atoms with Crippen LogP contribution in [0.5, 0.6) is 0 Å². The van der Waals surface area contributed by atoms with Gasteiger partial charge < -0.3 is 0 Å². The van der Waals surface area contributed by atoms with Crippen LogP contribution in [0.2, 0.25) is 5.15 Å².